The van der Waals surface area contributed by atoms with E-state index in [0.717, 1.165) is 10.1 Å². The van der Waals surface area contributed by atoms with Crippen molar-refractivity contribution < 1.29 is 9.90 Å². The molecule has 0 bridgehead atoms. The predicted molar refractivity (Wildman–Crippen MR) is 93.8 cm³/mol. The van der Waals surface area contributed by atoms with Gasteiger partial charge in [-0.1, -0.05) is 42.5 Å². The number of amides is 1. The van der Waals surface area contributed by atoms with Crippen LogP contribution in [0, 0.1) is 0 Å². The molecule has 0 aliphatic heterocycles. The zero-order valence-corrected chi connectivity index (χ0v) is 13.9. The van der Waals surface area contributed by atoms with E-state index in [1.807, 2.05) is 42.1 Å². The summed E-state index contributed by atoms with van der Waals surface area (Å²) in [6.45, 7) is 0. The molecule has 0 saturated heterocycles. The maximum absolute atomic E-state index is 12.3. The second-order valence-electron chi connectivity index (χ2n) is 5.22. The zero-order valence-electron chi connectivity index (χ0n) is 13.1. The molecule has 0 saturated carbocycles. The van der Waals surface area contributed by atoms with E-state index in [0.29, 0.717) is 11.3 Å². The summed E-state index contributed by atoms with van der Waals surface area (Å²) in [6, 6.07) is 16.3. The Hall–Kier alpha value is -2.57. The van der Waals surface area contributed by atoms with Crippen LogP contribution in [-0.2, 0) is 11.8 Å². The SMILES string of the molecule is Cn1ccnc1Sc1ccccc1NC(=O)C(O)c1ccccc1. The number of aromatic nitrogens is 2. The van der Waals surface area contributed by atoms with Crippen LogP contribution in [0.5, 0.6) is 0 Å². The molecule has 5 nitrogen and oxygen atoms in total. The predicted octanol–water partition coefficient (Wildman–Crippen LogP) is 3.24. The monoisotopic (exact) mass is 339 g/mol. The number of aliphatic hydroxyl groups is 1. The van der Waals surface area contributed by atoms with Crippen molar-refractivity contribution in [1.82, 2.24) is 9.55 Å². The van der Waals surface area contributed by atoms with Crippen molar-refractivity contribution in [2.45, 2.75) is 16.2 Å². The minimum Gasteiger partial charge on any atom is -0.378 e. The van der Waals surface area contributed by atoms with Crippen LogP contribution in [0.1, 0.15) is 11.7 Å². The van der Waals surface area contributed by atoms with E-state index >= 15 is 0 Å². The number of rotatable bonds is 5. The Balaban J connectivity index is 1.78. The maximum Gasteiger partial charge on any atom is 0.257 e. The normalized spacial score (nSPS) is 11.9. The van der Waals surface area contributed by atoms with Crippen LogP contribution in [0.15, 0.2) is 77.0 Å². The van der Waals surface area contributed by atoms with Crippen LogP contribution in [0.3, 0.4) is 0 Å². The Bertz CT molecular complexity index is 833. The topological polar surface area (TPSA) is 67.2 Å². The summed E-state index contributed by atoms with van der Waals surface area (Å²) in [6.07, 6.45) is 2.38. The van der Waals surface area contributed by atoms with Crippen LogP contribution in [-0.4, -0.2) is 20.6 Å². The molecule has 1 atom stereocenters. The van der Waals surface area contributed by atoms with E-state index in [2.05, 4.69) is 10.3 Å². The van der Waals surface area contributed by atoms with Gasteiger partial charge in [0.25, 0.3) is 5.91 Å². The Labute approximate surface area is 144 Å². The Morgan fingerprint density at radius 2 is 1.88 bits per heavy atom. The van der Waals surface area contributed by atoms with Gasteiger partial charge in [0.2, 0.25) is 0 Å². The summed E-state index contributed by atoms with van der Waals surface area (Å²) in [5.74, 6) is -0.464. The van der Waals surface area contributed by atoms with Crippen molar-refractivity contribution >= 4 is 23.4 Å². The first-order valence-electron chi connectivity index (χ1n) is 7.43. The lowest BCUT2D eigenvalue weighted by Gasteiger charge is -2.14. The number of aliphatic hydroxyl groups excluding tert-OH is 1. The fourth-order valence-corrected chi connectivity index (χ4v) is 3.09. The van der Waals surface area contributed by atoms with Gasteiger partial charge in [-0.25, -0.2) is 4.98 Å². The van der Waals surface area contributed by atoms with Crippen LogP contribution in [0.2, 0.25) is 0 Å². The molecule has 0 aliphatic rings. The highest BCUT2D eigenvalue weighted by Crippen LogP contribution is 2.32. The number of para-hydroxylation sites is 1. The third kappa shape index (κ3) is 3.67. The van der Waals surface area contributed by atoms with Gasteiger partial charge >= 0.3 is 0 Å². The van der Waals surface area contributed by atoms with Crippen molar-refractivity contribution in [3.8, 4) is 0 Å². The quantitative estimate of drug-likeness (QED) is 0.749. The van der Waals surface area contributed by atoms with E-state index in [9.17, 15) is 9.90 Å². The number of imidazole rings is 1. The minimum absolute atomic E-state index is 0.464. The molecule has 122 valence electrons. The minimum atomic E-state index is -1.21. The molecule has 24 heavy (non-hydrogen) atoms. The molecule has 0 radical (unpaired) electrons. The fourth-order valence-electron chi connectivity index (χ4n) is 2.20. The van der Waals surface area contributed by atoms with Crippen LogP contribution in [0.4, 0.5) is 5.69 Å². The second kappa shape index (κ2) is 7.33. The number of carbonyl (C=O) groups is 1. The van der Waals surface area contributed by atoms with Gasteiger partial charge in [-0.3, -0.25) is 4.79 Å². The van der Waals surface area contributed by atoms with E-state index in [-0.39, 0.29) is 0 Å². The number of carbonyl (C=O) groups excluding carboxylic acids is 1. The second-order valence-corrected chi connectivity index (χ2v) is 6.23. The molecule has 0 spiro atoms. The summed E-state index contributed by atoms with van der Waals surface area (Å²) in [5, 5.41) is 13.8. The molecular formula is C18H17N3O2S. The first kappa shape index (κ1) is 16.3. The molecule has 3 rings (SSSR count). The van der Waals surface area contributed by atoms with E-state index in [1.165, 1.54) is 11.8 Å². The Kier molecular flexibility index (Phi) is 4.98. The molecule has 0 fully saturated rings. The Morgan fingerprint density at radius 3 is 2.58 bits per heavy atom. The molecule has 6 heteroatoms. The van der Waals surface area contributed by atoms with Crippen molar-refractivity contribution in [2.24, 2.45) is 7.05 Å². The number of nitrogens with zero attached hydrogens (tertiary/aromatic N) is 2. The van der Waals surface area contributed by atoms with Crippen molar-refractivity contribution in [3.63, 3.8) is 0 Å². The van der Waals surface area contributed by atoms with Gasteiger partial charge in [-0.2, -0.15) is 0 Å². The fraction of sp³-hybridized carbons (Fsp3) is 0.111. The highest BCUT2D eigenvalue weighted by atomic mass is 32.2. The maximum atomic E-state index is 12.3. The molecule has 1 unspecified atom stereocenters. The third-order valence-corrected chi connectivity index (χ3v) is 4.64. The first-order valence-corrected chi connectivity index (χ1v) is 8.25. The summed E-state index contributed by atoms with van der Waals surface area (Å²) >= 11 is 1.45. The van der Waals surface area contributed by atoms with E-state index in [4.69, 9.17) is 0 Å². The Morgan fingerprint density at radius 1 is 1.17 bits per heavy atom. The van der Waals surface area contributed by atoms with Crippen LogP contribution in [0.25, 0.3) is 0 Å². The number of hydrogen-bond acceptors (Lipinski definition) is 4. The van der Waals surface area contributed by atoms with Gasteiger partial charge in [-0.05, 0) is 29.5 Å². The molecule has 1 aromatic heterocycles. The van der Waals surface area contributed by atoms with E-state index in [1.54, 1.807) is 36.5 Å². The molecule has 2 N–H and O–H groups in total. The molecule has 3 aromatic rings. The average Bonchev–Trinajstić information content (AvgIpc) is 3.01. The van der Waals surface area contributed by atoms with Gasteiger partial charge in [0.05, 0.1) is 5.69 Å². The molecule has 2 aromatic carbocycles. The lowest BCUT2D eigenvalue weighted by Crippen LogP contribution is -2.21. The molecular weight excluding hydrogens is 322 g/mol. The van der Waals surface area contributed by atoms with Gasteiger partial charge in [-0.15, -0.1) is 0 Å². The molecule has 0 aliphatic carbocycles. The summed E-state index contributed by atoms with van der Waals surface area (Å²) in [5.41, 5.74) is 1.20. The van der Waals surface area contributed by atoms with Gasteiger partial charge in [0, 0.05) is 24.3 Å². The van der Waals surface area contributed by atoms with Gasteiger partial charge in [0.1, 0.15) is 0 Å². The lowest BCUT2D eigenvalue weighted by atomic mass is 10.1. The largest absolute Gasteiger partial charge is 0.378 e. The average molecular weight is 339 g/mol. The molecule has 1 heterocycles. The smallest absolute Gasteiger partial charge is 0.257 e. The number of hydrogen-bond donors (Lipinski definition) is 2. The van der Waals surface area contributed by atoms with Gasteiger partial charge < -0.3 is 15.0 Å². The number of nitrogens with one attached hydrogen (secondary N) is 1. The summed E-state index contributed by atoms with van der Waals surface area (Å²) in [7, 11) is 1.91. The number of benzene rings is 2. The number of aryl methyl sites for hydroxylation is 1. The highest BCUT2D eigenvalue weighted by molar-refractivity contribution is 7.99. The van der Waals surface area contributed by atoms with Crippen LogP contribution >= 0.6 is 11.8 Å². The lowest BCUT2D eigenvalue weighted by molar-refractivity contribution is -0.124. The zero-order chi connectivity index (χ0) is 16.9. The van der Waals surface area contributed by atoms with Gasteiger partial charge in [0.15, 0.2) is 11.3 Å². The van der Waals surface area contributed by atoms with Crippen molar-refractivity contribution in [3.05, 3.63) is 72.6 Å². The summed E-state index contributed by atoms with van der Waals surface area (Å²) in [4.78, 5) is 17.5. The number of anilines is 1. The standard InChI is InChI=1S/C18H17N3O2S/c1-21-12-11-19-18(21)24-15-10-6-5-9-14(15)20-17(23)16(22)13-7-3-2-4-8-13/h2-12,16,22H,1H3,(H,20,23). The highest BCUT2D eigenvalue weighted by Gasteiger charge is 2.18. The first-order chi connectivity index (χ1) is 11.6. The van der Waals surface area contributed by atoms with Crippen molar-refractivity contribution in [2.75, 3.05) is 5.32 Å². The molecule has 1 amide bonds. The summed E-state index contributed by atoms with van der Waals surface area (Å²) < 4.78 is 1.90. The third-order valence-electron chi connectivity index (χ3n) is 3.49. The van der Waals surface area contributed by atoms with E-state index < -0.39 is 12.0 Å². The van der Waals surface area contributed by atoms with Crippen LogP contribution < -0.4 is 5.32 Å². The van der Waals surface area contributed by atoms with Crippen molar-refractivity contribution in [1.29, 1.82) is 0 Å².